The molecule has 4 heteroatoms. The van der Waals surface area contributed by atoms with Crippen molar-refractivity contribution >= 4 is 5.70 Å². The summed E-state index contributed by atoms with van der Waals surface area (Å²) in [5.74, 6) is 3.57. The molecule has 0 bridgehead atoms. The Labute approximate surface area is 151 Å². The van der Waals surface area contributed by atoms with Crippen LogP contribution in [-0.4, -0.2) is 28.1 Å². The van der Waals surface area contributed by atoms with E-state index in [2.05, 4.69) is 35.6 Å². The van der Waals surface area contributed by atoms with E-state index in [4.69, 9.17) is 0 Å². The molecule has 1 saturated heterocycles. The number of nitrogens with zero attached hydrogens (tertiary/aromatic N) is 3. The van der Waals surface area contributed by atoms with E-state index in [1.165, 1.54) is 63.7 Å². The van der Waals surface area contributed by atoms with E-state index in [0.29, 0.717) is 10.8 Å². The Hall–Kier alpha value is -1.16. The second-order valence-corrected chi connectivity index (χ2v) is 9.57. The van der Waals surface area contributed by atoms with Gasteiger partial charge < -0.3 is 5.32 Å². The summed E-state index contributed by atoms with van der Waals surface area (Å²) in [6.45, 7) is 7.61. The predicted molar refractivity (Wildman–Crippen MR) is 99.7 cm³/mol. The summed E-state index contributed by atoms with van der Waals surface area (Å²) in [4.78, 5) is 0. The van der Waals surface area contributed by atoms with Crippen LogP contribution >= 0.6 is 0 Å². The van der Waals surface area contributed by atoms with Crippen molar-refractivity contribution in [2.45, 2.75) is 58.8 Å². The molecule has 1 aromatic rings. The Morgan fingerprint density at radius 1 is 1.08 bits per heavy atom. The molecule has 0 aromatic carbocycles. The van der Waals surface area contributed by atoms with Crippen LogP contribution in [-0.2, 0) is 0 Å². The summed E-state index contributed by atoms with van der Waals surface area (Å²) >= 11 is 0. The first kappa shape index (κ1) is 16.0. The molecule has 0 radical (unpaired) electrons. The summed E-state index contributed by atoms with van der Waals surface area (Å²) in [6.07, 6.45) is 16.0. The van der Waals surface area contributed by atoms with Gasteiger partial charge in [-0.15, -0.1) is 5.10 Å². The van der Waals surface area contributed by atoms with Crippen molar-refractivity contribution < 1.29 is 0 Å². The van der Waals surface area contributed by atoms with Crippen molar-refractivity contribution in [1.82, 2.24) is 20.3 Å². The quantitative estimate of drug-likeness (QED) is 0.841. The number of allylic oxidation sites excluding steroid dienone is 2. The lowest BCUT2D eigenvalue weighted by atomic mass is 9.46. The van der Waals surface area contributed by atoms with Gasteiger partial charge >= 0.3 is 0 Å². The average Bonchev–Trinajstić information content (AvgIpc) is 3.18. The average molecular weight is 341 g/mol. The van der Waals surface area contributed by atoms with E-state index in [1.807, 2.05) is 17.1 Å². The molecule has 3 aliphatic carbocycles. The molecule has 6 atom stereocenters. The van der Waals surface area contributed by atoms with Crippen LogP contribution in [0, 0.1) is 34.5 Å². The van der Waals surface area contributed by atoms with Crippen molar-refractivity contribution in [2.75, 3.05) is 13.1 Å². The van der Waals surface area contributed by atoms with Crippen molar-refractivity contribution in [3.63, 3.8) is 0 Å². The van der Waals surface area contributed by atoms with E-state index in [0.717, 1.165) is 23.7 Å². The van der Waals surface area contributed by atoms with Gasteiger partial charge in [0.05, 0.1) is 12.4 Å². The highest BCUT2D eigenvalue weighted by Crippen LogP contribution is 2.65. The van der Waals surface area contributed by atoms with Gasteiger partial charge in [-0.2, -0.15) is 0 Å². The van der Waals surface area contributed by atoms with E-state index < -0.39 is 0 Å². The maximum Gasteiger partial charge on any atom is 0.0697 e. The third-order valence-corrected chi connectivity index (χ3v) is 8.78. The van der Waals surface area contributed by atoms with Gasteiger partial charge in [0.2, 0.25) is 0 Å². The van der Waals surface area contributed by atoms with Gasteiger partial charge in [0.1, 0.15) is 0 Å². The van der Waals surface area contributed by atoms with Crippen LogP contribution in [0.3, 0.4) is 0 Å². The van der Waals surface area contributed by atoms with Crippen LogP contribution in [0.15, 0.2) is 18.5 Å². The van der Waals surface area contributed by atoms with Gasteiger partial charge in [0.25, 0.3) is 0 Å². The first-order valence-corrected chi connectivity index (χ1v) is 10.4. The smallest absolute Gasteiger partial charge is 0.0697 e. The largest absolute Gasteiger partial charge is 0.317 e. The van der Waals surface area contributed by atoms with E-state index in [9.17, 15) is 0 Å². The van der Waals surface area contributed by atoms with Gasteiger partial charge in [0, 0.05) is 11.1 Å². The minimum absolute atomic E-state index is 0.293. The highest BCUT2D eigenvalue weighted by molar-refractivity contribution is 5.55. The highest BCUT2D eigenvalue weighted by atomic mass is 15.4. The normalized spacial score (nSPS) is 46.6. The molecule has 1 aliphatic heterocycles. The monoisotopic (exact) mass is 340 g/mol. The van der Waals surface area contributed by atoms with E-state index in [1.54, 1.807) is 0 Å². The Balaban J connectivity index is 1.46. The van der Waals surface area contributed by atoms with Crippen molar-refractivity contribution in [1.29, 1.82) is 0 Å². The zero-order chi connectivity index (χ0) is 17.1. The Morgan fingerprint density at radius 2 is 2.00 bits per heavy atom. The zero-order valence-corrected chi connectivity index (χ0v) is 15.7. The number of hydrogen-bond acceptors (Lipinski definition) is 3. The highest BCUT2D eigenvalue weighted by Gasteiger charge is 2.58. The molecule has 4 aliphatic rings. The van der Waals surface area contributed by atoms with Crippen LogP contribution in [0.1, 0.15) is 58.8 Å². The summed E-state index contributed by atoms with van der Waals surface area (Å²) < 4.78 is 2.04. The Kier molecular flexibility index (Phi) is 3.64. The van der Waals surface area contributed by atoms with Crippen LogP contribution < -0.4 is 5.32 Å². The molecule has 25 heavy (non-hydrogen) atoms. The van der Waals surface area contributed by atoms with Crippen molar-refractivity contribution in [3.8, 4) is 0 Å². The molecule has 4 nitrogen and oxygen atoms in total. The molecule has 2 saturated carbocycles. The molecule has 0 unspecified atom stereocenters. The van der Waals surface area contributed by atoms with Gasteiger partial charge in [-0.05, 0) is 87.1 Å². The van der Waals surface area contributed by atoms with Crippen molar-refractivity contribution in [2.24, 2.45) is 34.5 Å². The fraction of sp³-hybridized carbons (Fsp3) is 0.810. The zero-order valence-electron chi connectivity index (χ0n) is 15.7. The summed E-state index contributed by atoms with van der Waals surface area (Å²) in [6, 6.07) is 0. The molecule has 2 heterocycles. The second-order valence-electron chi connectivity index (χ2n) is 9.57. The summed E-state index contributed by atoms with van der Waals surface area (Å²) in [7, 11) is 0. The van der Waals surface area contributed by atoms with Crippen molar-refractivity contribution in [3.05, 3.63) is 18.5 Å². The molecule has 5 rings (SSSR count). The third-order valence-electron chi connectivity index (χ3n) is 8.78. The number of fused-ring (bicyclic) bond motifs is 5. The standard InChI is InChI=1S/C21H32N4/c1-20-10-12-22-11-8-15(20)3-4-16-17-5-6-19(25-14-13-23-24-25)21(17,2)9-7-18(16)20/h6,13-18,22H,3-5,7-12H2,1-2H3/t15-,16-,17-,18-,20-,21-/m0/s1. The molecule has 0 spiro atoms. The van der Waals surface area contributed by atoms with Crippen LogP contribution in [0.2, 0.25) is 0 Å². The molecular weight excluding hydrogens is 308 g/mol. The van der Waals surface area contributed by atoms with E-state index in [-0.39, 0.29) is 0 Å². The molecular formula is C21H32N4. The number of aromatic nitrogens is 3. The maximum atomic E-state index is 4.32. The van der Waals surface area contributed by atoms with Gasteiger partial charge in [-0.25, -0.2) is 4.68 Å². The molecule has 3 fully saturated rings. The molecule has 136 valence electrons. The van der Waals surface area contributed by atoms with Gasteiger partial charge in [0.15, 0.2) is 0 Å². The van der Waals surface area contributed by atoms with Gasteiger partial charge in [-0.3, -0.25) is 0 Å². The topological polar surface area (TPSA) is 42.7 Å². The molecule has 1 aromatic heterocycles. The van der Waals surface area contributed by atoms with Crippen LogP contribution in [0.25, 0.3) is 5.70 Å². The summed E-state index contributed by atoms with van der Waals surface area (Å²) in [5, 5.41) is 12.1. The molecule has 1 N–H and O–H groups in total. The number of nitrogens with one attached hydrogen (secondary N) is 1. The first-order valence-electron chi connectivity index (χ1n) is 10.4. The number of rotatable bonds is 1. The van der Waals surface area contributed by atoms with Crippen LogP contribution in [0.5, 0.6) is 0 Å². The minimum Gasteiger partial charge on any atom is -0.317 e. The Bertz CT molecular complexity index is 665. The lowest BCUT2D eigenvalue weighted by Crippen LogP contribution is -2.51. The predicted octanol–water partition coefficient (Wildman–Crippen LogP) is 3.97. The maximum absolute atomic E-state index is 4.32. The second kappa shape index (κ2) is 5.67. The van der Waals surface area contributed by atoms with Crippen LogP contribution in [0.4, 0.5) is 0 Å². The molecule has 0 amide bonds. The fourth-order valence-electron chi connectivity index (χ4n) is 7.39. The minimum atomic E-state index is 0.293. The summed E-state index contributed by atoms with van der Waals surface area (Å²) in [5.41, 5.74) is 2.27. The fourth-order valence-corrected chi connectivity index (χ4v) is 7.39. The SMILES string of the molecule is C[C@]12CCNCC[C@@H]1CC[C@@H]1[C@@H]2CC[C@]2(C)C(n3ccnn3)=CC[C@@H]12. The van der Waals surface area contributed by atoms with Gasteiger partial charge in [-0.1, -0.05) is 25.1 Å². The lowest BCUT2D eigenvalue weighted by Gasteiger charge is -2.58. The third kappa shape index (κ3) is 2.22. The number of hydrogen-bond donors (Lipinski definition) is 1. The lowest BCUT2D eigenvalue weighted by molar-refractivity contribution is -0.0799. The first-order chi connectivity index (χ1) is 12.1. The Morgan fingerprint density at radius 3 is 2.84 bits per heavy atom. The van der Waals surface area contributed by atoms with E-state index >= 15 is 0 Å².